The Morgan fingerprint density at radius 1 is 1.24 bits per heavy atom. The number of aliphatic hydroxyl groups excluding tert-OH is 1. The maximum Gasteiger partial charge on any atom is 0.138 e. The Balaban J connectivity index is 2.39. The third-order valence-electron chi connectivity index (χ3n) is 2.58. The first-order valence-electron chi connectivity index (χ1n) is 7.17. The van der Waals surface area contributed by atoms with Gasteiger partial charge in [-0.1, -0.05) is 31.8 Å². The fourth-order valence-electron chi connectivity index (χ4n) is 1.60. The molecule has 0 aliphatic carbocycles. The van der Waals surface area contributed by atoms with Gasteiger partial charge in [0.2, 0.25) is 0 Å². The second-order valence-electron chi connectivity index (χ2n) is 5.11. The van der Waals surface area contributed by atoms with E-state index in [1.54, 1.807) is 12.1 Å². The van der Waals surface area contributed by atoms with Gasteiger partial charge in [-0.25, -0.2) is 4.39 Å². The summed E-state index contributed by atoms with van der Waals surface area (Å²) in [5.74, 6) is 5.58. The van der Waals surface area contributed by atoms with E-state index in [-0.39, 0.29) is 12.4 Å². The van der Waals surface area contributed by atoms with Crippen molar-refractivity contribution in [3.63, 3.8) is 0 Å². The molecule has 1 N–H and O–H groups in total. The van der Waals surface area contributed by atoms with Crippen LogP contribution in [0.3, 0.4) is 0 Å². The van der Waals surface area contributed by atoms with Crippen molar-refractivity contribution in [1.29, 1.82) is 0 Å². The minimum Gasteiger partial charge on any atom is -0.395 e. The molecule has 0 aliphatic heterocycles. The zero-order valence-corrected chi connectivity index (χ0v) is 12.7. The number of halogens is 1. The lowest BCUT2D eigenvalue weighted by Crippen LogP contribution is -2.08. The van der Waals surface area contributed by atoms with Gasteiger partial charge in [0, 0.05) is 13.0 Å². The van der Waals surface area contributed by atoms with Crippen molar-refractivity contribution in [2.45, 2.75) is 26.9 Å². The molecule has 0 heterocycles. The fraction of sp³-hybridized carbons (Fsp3) is 0.529. The molecule has 1 aromatic rings. The SMILES string of the molecule is CC(C)COCCOCc1ccc(F)c(C#CCCO)c1. The normalized spacial score (nSPS) is 10.5. The molecule has 21 heavy (non-hydrogen) atoms. The third-order valence-corrected chi connectivity index (χ3v) is 2.58. The molecule has 0 aliphatic rings. The van der Waals surface area contributed by atoms with E-state index in [4.69, 9.17) is 14.6 Å². The van der Waals surface area contributed by atoms with Crippen LogP contribution in [0.5, 0.6) is 0 Å². The molecule has 4 heteroatoms. The summed E-state index contributed by atoms with van der Waals surface area (Å²) in [5, 5.41) is 8.66. The lowest BCUT2D eigenvalue weighted by molar-refractivity contribution is 0.0314. The molecule has 0 atom stereocenters. The van der Waals surface area contributed by atoms with E-state index in [2.05, 4.69) is 25.7 Å². The first kappa shape index (κ1) is 17.6. The Morgan fingerprint density at radius 3 is 2.71 bits per heavy atom. The summed E-state index contributed by atoms with van der Waals surface area (Å²) in [6, 6.07) is 4.74. The minimum atomic E-state index is -0.357. The highest BCUT2D eigenvalue weighted by Crippen LogP contribution is 2.10. The van der Waals surface area contributed by atoms with Crippen LogP contribution in [0.1, 0.15) is 31.4 Å². The maximum absolute atomic E-state index is 13.5. The van der Waals surface area contributed by atoms with Gasteiger partial charge in [-0.3, -0.25) is 0 Å². The molecule has 0 saturated carbocycles. The lowest BCUT2D eigenvalue weighted by atomic mass is 10.1. The van der Waals surface area contributed by atoms with Crippen molar-refractivity contribution >= 4 is 0 Å². The molecule has 0 aromatic heterocycles. The number of ether oxygens (including phenoxy) is 2. The van der Waals surface area contributed by atoms with Crippen LogP contribution in [0.15, 0.2) is 18.2 Å². The number of aliphatic hydroxyl groups is 1. The van der Waals surface area contributed by atoms with Crippen LogP contribution in [0.2, 0.25) is 0 Å². The molecule has 0 spiro atoms. The van der Waals surface area contributed by atoms with Crippen LogP contribution in [0, 0.1) is 23.6 Å². The van der Waals surface area contributed by atoms with Crippen molar-refractivity contribution in [2.75, 3.05) is 26.4 Å². The fourth-order valence-corrected chi connectivity index (χ4v) is 1.60. The second kappa shape index (κ2) is 10.3. The summed E-state index contributed by atoms with van der Waals surface area (Å²) in [5.41, 5.74) is 1.20. The molecule has 0 radical (unpaired) electrons. The summed E-state index contributed by atoms with van der Waals surface area (Å²) in [4.78, 5) is 0. The van der Waals surface area contributed by atoms with E-state index >= 15 is 0 Å². The largest absolute Gasteiger partial charge is 0.395 e. The van der Waals surface area contributed by atoms with E-state index < -0.39 is 0 Å². The summed E-state index contributed by atoms with van der Waals surface area (Å²) in [6.07, 6.45) is 0.341. The Bertz CT molecular complexity index is 475. The van der Waals surface area contributed by atoms with Crippen LogP contribution in [0.25, 0.3) is 0 Å². The number of hydrogen-bond acceptors (Lipinski definition) is 3. The van der Waals surface area contributed by atoms with Crippen molar-refractivity contribution < 1.29 is 19.0 Å². The van der Waals surface area contributed by atoms with Crippen molar-refractivity contribution in [1.82, 2.24) is 0 Å². The molecule has 0 amide bonds. The van der Waals surface area contributed by atoms with Crippen LogP contribution in [-0.2, 0) is 16.1 Å². The van der Waals surface area contributed by atoms with Gasteiger partial charge in [0.1, 0.15) is 5.82 Å². The zero-order chi connectivity index (χ0) is 15.5. The lowest BCUT2D eigenvalue weighted by Gasteiger charge is -2.08. The monoisotopic (exact) mass is 294 g/mol. The van der Waals surface area contributed by atoms with E-state index in [0.717, 1.165) is 12.2 Å². The van der Waals surface area contributed by atoms with E-state index in [1.165, 1.54) is 6.07 Å². The van der Waals surface area contributed by atoms with Gasteiger partial charge in [-0.2, -0.15) is 0 Å². The predicted molar refractivity (Wildman–Crippen MR) is 80.3 cm³/mol. The van der Waals surface area contributed by atoms with Crippen molar-refractivity contribution in [3.05, 3.63) is 35.1 Å². The average molecular weight is 294 g/mol. The first-order valence-corrected chi connectivity index (χ1v) is 7.17. The van der Waals surface area contributed by atoms with Gasteiger partial charge >= 0.3 is 0 Å². The maximum atomic E-state index is 13.5. The number of rotatable bonds is 8. The summed E-state index contributed by atoms with van der Waals surface area (Å²) >= 11 is 0. The second-order valence-corrected chi connectivity index (χ2v) is 5.11. The molecule has 1 aromatic carbocycles. The molecular formula is C17H23FO3. The highest BCUT2D eigenvalue weighted by molar-refractivity contribution is 5.38. The summed E-state index contributed by atoms with van der Waals surface area (Å²) in [6.45, 7) is 6.37. The Hall–Kier alpha value is -1.41. The van der Waals surface area contributed by atoms with E-state index in [0.29, 0.717) is 37.7 Å². The Kier molecular flexibility index (Phi) is 8.68. The molecule has 0 saturated heterocycles. The van der Waals surface area contributed by atoms with Crippen molar-refractivity contribution in [3.8, 4) is 11.8 Å². The van der Waals surface area contributed by atoms with Crippen LogP contribution >= 0.6 is 0 Å². The van der Waals surface area contributed by atoms with Crippen LogP contribution in [-0.4, -0.2) is 31.5 Å². The van der Waals surface area contributed by atoms with E-state index in [1.807, 2.05) is 0 Å². The Labute approximate surface area is 126 Å². The quantitative estimate of drug-likeness (QED) is 0.592. The van der Waals surface area contributed by atoms with Gasteiger partial charge in [0.25, 0.3) is 0 Å². The topological polar surface area (TPSA) is 38.7 Å². The van der Waals surface area contributed by atoms with Gasteiger partial charge in [0.15, 0.2) is 0 Å². The van der Waals surface area contributed by atoms with Gasteiger partial charge < -0.3 is 14.6 Å². The molecular weight excluding hydrogens is 271 g/mol. The highest BCUT2D eigenvalue weighted by atomic mass is 19.1. The van der Waals surface area contributed by atoms with Crippen LogP contribution < -0.4 is 0 Å². The van der Waals surface area contributed by atoms with Gasteiger partial charge in [-0.15, -0.1) is 0 Å². The smallest absolute Gasteiger partial charge is 0.138 e. The standard InChI is InChI=1S/C17H23FO3/c1-14(2)12-20-9-10-21-13-15-6-7-17(18)16(11-15)5-3-4-8-19/h6-7,11,14,19H,4,8-10,12-13H2,1-2H3. The number of benzene rings is 1. The van der Waals surface area contributed by atoms with Gasteiger partial charge in [-0.05, 0) is 23.6 Å². The first-order chi connectivity index (χ1) is 10.1. The highest BCUT2D eigenvalue weighted by Gasteiger charge is 2.02. The van der Waals surface area contributed by atoms with E-state index in [9.17, 15) is 4.39 Å². The molecule has 1 rings (SSSR count). The summed E-state index contributed by atoms with van der Waals surface area (Å²) in [7, 11) is 0. The molecule has 0 unspecified atom stereocenters. The summed E-state index contributed by atoms with van der Waals surface area (Å²) < 4.78 is 24.4. The van der Waals surface area contributed by atoms with Crippen molar-refractivity contribution in [2.24, 2.45) is 5.92 Å². The zero-order valence-electron chi connectivity index (χ0n) is 12.7. The molecule has 3 nitrogen and oxygen atoms in total. The molecule has 116 valence electrons. The third kappa shape index (κ3) is 7.81. The average Bonchev–Trinajstić information content (AvgIpc) is 2.45. The molecule has 0 bridgehead atoms. The predicted octanol–water partition coefficient (Wildman–Crippen LogP) is 2.75. The molecule has 0 fully saturated rings. The number of hydrogen-bond donors (Lipinski definition) is 1. The van der Waals surface area contributed by atoms with Crippen LogP contribution in [0.4, 0.5) is 4.39 Å². The minimum absolute atomic E-state index is 0.0200. The Morgan fingerprint density at radius 2 is 2.00 bits per heavy atom. The van der Waals surface area contributed by atoms with Gasteiger partial charge in [0.05, 0.1) is 32.0 Å².